The third-order valence-corrected chi connectivity index (χ3v) is 7.93. The Morgan fingerprint density at radius 3 is 2.46 bits per heavy atom. The van der Waals surface area contributed by atoms with E-state index < -0.39 is 15.4 Å². The Morgan fingerprint density at radius 2 is 1.86 bits per heavy atom. The Kier molecular flexibility index (Phi) is 9.93. The molecule has 0 radical (unpaired) electrons. The smallest absolute Gasteiger partial charge is 0.311 e. The zero-order chi connectivity index (χ0) is 26.2. The van der Waals surface area contributed by atoms with Crippen LogP contribution >= 0.6 is 0 Å². The fourth-order valence-corrected chi connectivity index (χ4v) is 5.74. The number of sulfonamides is 1. The van der Waals surface area contributed by atoms with Crippen LogP contribution in [0.15, 0.2) is 47.4 Å². The van der Waals surface area contributed by atoms with E-state index in [-0.39, 0.29) is 29.2 Å². The predicted octanol–water partition coefficient (Wildman–Crippen LogP) is 5.20. The van der Waals surface area contributed by atoms with Crippen molar-refractivity contribution < 1.29 is 22.7 Å². The number of hydrogen-bond donors (Lipinski definition) is 1. The molecule has 0 heterocycles. The first-order valence-corrected chi connectivity index (χ1v) is 13.3. The van der Waals surface area contributed by atoms with E-state index in [1.165, 1.54) is 13.2 Å². The van der Waals surface area contributed by atoms with Crippen LogP contribution in [0.5, 0.6) is 5.75 Å². The van der Waals surface area contributed by atoms with E-state index in [1.54, 1.807) is 18.2 Å². The second kappa shape index (κ2) is 12.2. The first-order chi connectivity index (χ1) is 16.5. The number of aryl methyl sites for hydroxylation is 1. The van der Waals surface area contributed by atoms with Crippen molar-refractivity contribution in [2.45, 2.75) is 64.8 Å². The Bertz CT molecular complexity index is 1160. The lowest BCUT2D eigenvalue weighted by Gasteiger charge is -2.37. The monoisotopic (exact) mass is 499 g/mol. The number of nitrogens with one attached hydrogen (secondary N) is 1. The summed E-state index contributed by atoms with van der Waals surface area (Å²) in [5, 5.41) is 0. The quantitative estimate of drug-likeness (QED) is 0.320. The van der Waals surface area contributed by atoms with Gasteiger partial charge in [0.25, 0.3) is 0 Å². The molecule has 0 aromatic heterocycles. The van der Waals surface area contributed by atoms with Crippen molar-refractivity contribution >= 4 is 16.0 Å². The van der Waals surface area contributed by atoms with Gasteiger partial charge in [-0.25, -0.2) is 13.1 Å². The normalized spacial score (nSPS) is 13.5. The maximum atomic E-state index is 13.1. The highest BCUT2D eigenvalue weighted by Crippen LogP contribution is 2.45. The summed E-state index contributed by atoms with van der Waals surface area (Å²) < 4.78 is 39.5. The van der Waals surface area contributed by atoms with Gasteiger partial charge in [0.2, 0.25) is 10.0 Å². The number of benzene rings is 2. The number of carbonyl (C=O) groups is 1. The number of methoxy groups -OCH3 is 1. The molecule has 7 heteroatoms. The largest absolute Gasteiger partial charge is 0.492 e. The van der Waals surface area contributed by atoms with Gasteiger partial charge in [0, 0.05) is 18.9 Å². The van der Waals surface area contributed by atoms with E-state index in [9.17, 15) is 13.2 Å². The third kappa shape index (κ3) is 6.65. The van der Waals surface area contributed by atoms with E-state index >= 15 is 0 Å². The second-order valence-corrected chi connectivity index (χ2v) is 10.9. The van der Waals surface area contributed by atoms with Crippen LogP contribution in [0.4, 0.5) is 0 Å². The Morgan fingerprint density at radius 1 is 1.17 bits per heavy atom. The number of esters is 1. The molecule has 0 saturated carbocycles. The van der Waals surface area contributed by atoms with Gasteiger partial charge in [0.1, 0.15) is 10.6 Å². The number of carbonyl (C=O) groups excluding carboxylic acids is 1. The summed E-state index contributed by atoms with van der Waals surface area (Å²) in [7, 11) is -2.42. The molecule has 0 spiro atoms. The first kappa shape index (κ1) is 28.4. The average molecular weight is 500 g/mol. The zero-order valence-corrected chi connectivity index (χ0v) is 22.4. The highest BCUT2D eigenvalue weighted by atomic mass is 32.2. The number of para-hydroxylation sites is 1. The van der Waals surface area contributed by atoms with Crippen molar-refractivity contribution in [1.29, 1.82) is 0 Å². The minimum atomic E-state index is -3.81. The minimum Gasteiger partial charge on any atom is -0.492 e. The van der Waals surface area contributed by atoms with Crippen molar-refractivity contribution in [1.82, 2.24) is 4.72 Å². The molecule has 0 fully saturated rings. The Balaban J connectivity index is 2.45. The first-order valence-electron chi connectivity index (χ1n) is 11.9. The SMILES string of the molecule is C#CCC(CC)C(c1ccc(C)c(CNS(=O)(=O)c2ccccc2OCC)c1)C(C)(C)C(=O)OC. The maximum absolute atomic E-state index is 13.1. The summed E-state index contributed by atoms with van der Waals surface area (Å²) in [4.78, 5) is 12.8. The Hall–Kier alpha value is -2.82. The van der Waals surface area contributed by atoms with Crippen LogP contribution in [0.1, 0.15) is 63.1 Å². The molecule has 0 bridgehead atoms. The summed E-state index contributed by atoms with van der Waals surface area (Å²) in [6.07, 6.45) is 6.97. The second-order valence-electron chi connectivity index (χ2n) is 9.16. The molecule has 1 N–H and O–H groups in total. The Labute approximate surface area is 210 Å². The van der Waals surface area contributed by atoms with Crippen molar-refractivity contribution in [3.8, 4) is 18.1 Å². The lowest BCUT2D eigenvalue weighted by atomic mass is 9.66. The number of hydrogen-bond acceptors (Lipinski definition) is 5. The van der Waals surface area contributed by atoms with Crippen LogP contribution in [0.25, 0.3) is 0 Å². The molecule has 2 unspecified atom stereocenters. The van der Waals surface area contributed by atoms with Gasteiger partial charge in [0.05, 0.1) is 19.1 Å². The van der Waals surface area contributed by atoms with Gasteiger partial charge in [-0.05, 0) is 62.4 Å². The highest BCUT2D eigenvalue weighted by Gasteiger charge is 2.42. The summed E-state index contributed by atoms with van der Waals surface area (Å²) in [5.41, 5.74) is 1.86. The van der Waals surface area contributed by atoms with Gasteiger partial charge in [-0.2, -0.15) is 0 Å². The molecule has 2 aromatic carbocycles. The molecule has 0 amide bonds. The van der Waals surface area contributed by atoms with Gasteiger partial charge < -0.3 is 9.47 Å². The maximum Gasteiger partial charge on any atom is 0.311 e. The van der Waals surface area contributed by atoms with E-state index in [2.05, 4.69) is 17.6 Å². The summed E-state index contributed by atoms with van der Waals surface area (Å²) in [6, 6.07) is 12.5. The molecule has 2 atom stereocenters. The molecule has 0 aliphatic rings. The lowest BCUT2D eigenvalue weighted by molar-refractivity contribution is -0.153. The standard InChI is InChI=1S/C28H37NO5S/c1-8-13-21(9-2)26(28(5,6)27(30)33-7)22-17-16-20(4)23(18-22)19-29-35(31,32)25-15-12-11-14-24(25)34-10-3/h1,11-12,14-18,21,26,29H,9-10,13,19H2,2-7H3. The van der Waals surface area contributed by atoms with Crippen molar-refractivity contribution in [3.63, 3.8) is 0 Å². The van der Waals surface area contributed by atoms with Gasteiger partial charge in [-0.15, -0.1) is 12.3 Å². The van der Waals surface area contributed by atoms with Crippen LogP contribution in [-0.2, 0) is 26.1 Å². The summed E-state index contributed by atoms with van der Waals surface area (Å²) in [6.45, 7) is 10.00. The molecule has 0 aliphatic heterocycles. The molecule has 0 saturated heterocycles. The van der Waals surface area contributed by atoms with Crippen LogP contribution < -0.4 is 9.46 Å². The topological polar surface area (TPSA) is 81.7 Å². The lowest BCUT2D eigenvalue weighted by Crippen LogP contribution is -2.36. The molecule has 2 rings (SSSR count). The minimum absolute atomic E-state index is 0.0550. The van der Waals surface area contributed by atoms with E-state index in [0.29, 0.717) is 18.8 Å². The number of terminal acetylenes is 1. The molecule has 35 heavy (non-hydrogen) atoms. The zero-order valence-electron chi connectivity index (χ0n) is 21.6. The van der Waals surface area contributed by atoms with Crippen LogP contribution in [0.2, 0.25) is 0 Å². The molecular formula is C28H37NO5S. The average Bonchev–Trinajstić information content (AvgIpc) is 2.83. The third-order valence-electron chi connectivity index (χ3n) is 6.49. The summed E-state index contributed by atoms with van der Waals surface area (Å²) in [5.74, 6) is 2.60. The molecule has 0 aliphatic carbocycles. The number of ether oxygens (including phenoxy) is 2. The fourth-order valence-electron chi connectivity index (χ4n) is 4.59. The summed E-state index contributed by atoms with van der Waals surface area (Å²) >= 11 is 0. The van der Waals surface area contributed by atoms with Gasteiger partial charge in [-0.3, -0.25) is 4.79 Å². The van der Waals surface area contributed by atoms with Gasteiger partial charge in [-0.1, -0.05) is 43.7 Å². The van der Waals surface area contributed by atoms with Gasteiger partial charge in [0.15, 0.2) is 0 Å². The molecular weight excluding hydrogens is 462 g/mol. The van der Waals surface area contributed by atoms with Crippen molar-refractivity contribution in [2.75, 3.05) is 13.7 Å². The van der Waals surface area contributed by atoms with Gasteiger partial charge >= 0.3 is 5.97 Å². The highest BCUT2D eigenvalue weighted by molar-refractivity contribution is 7.89. The van der Waals surface area contributed by atoms with Crippen molar-refractivity contribution in [3.05, 3.63) is 59.2 Å². The predicted molar refractivity (Wildman–Crippen MR) is 139 cm³/mol. The fraction of sp³-hybridized carbons (Fsp3) is 0.464. The molecule has 6 nitrogen and oxygen atoms in total. The van der Waals surface area contributed by atoms with Crippen LogP contribution in [0, 0.1) is 30.6 Å². The van der Waals surface area contributed by atoms with E-state index in [1.807, 2.05) is 45.9 Å². The molecule has 190 valence electrons. The van der Waals surface area contributed by atoms with Crippen molar-refractivity contribution in [2.24, 2.45) is 11.3 Å². The van der Waals surface area contributed by atoms with Crippen LogP contribution in [0.3, 0.4) is 0 Å². The van der Waals surface area contributed by atoms with E-state index in [0.717, 1.165) is 23.1 Å². The van der Waals surface area contributed by atoms with E-state index in [4.69, 9.17) is 15.9 Å². The number of rotatable bonds is 12. The van der Waals surface area contributed by atoms with Crippen LogP contribution in [-0.4, -0.2) is 28.1 Å². The molecule has 2 aromatic rings.